The number of benzene rings is 1. The molecule has 5 nitrogen and oxygen atoms in total. The van der Waals surface area contributed by atoms with Gasteiger partial charge in [-0.25, -0.2) is 9.97 Å². The Hall–Kier alpha value is -2.70. The molecule has 7 heteroatoms. The van der Waals surface area contributed by atoms with Gasteiger partial charge in [-0.1, -0.05) is 42.8 Å². The first-order valence-corrected chi connectivity index (χ1v) is 9.84. The predicted molar refractivity (Wildman–Crippen MR) is 109 cm³/mol. The zero-order valence-corrected chi connectivity index (χ0v) is 16.2. The van der Waals surface area contributed by atoms with Gasteiger partial charge in [0.1, 0.15) is 5.65 Å². The van der Waals surface area contributed by atoms with Crippen molar-refractivity contribution < 1.29 is 4.79 Å². The molecule has 0 aliphatic carbocycles. The molecule has 0 spiro atoms. The molecule has 0 radical (unpaired) electrons. The Kier molecular flexibility index (Phi) is 4.92. The highest BCUT2D eigenvalue weighted by Crippen LogP contribution is 2.25. The molecule has 1 N–H and O–H groups in total. The summed E-state index contributed by atoms with van der Waals surface area (Å²) in [5, 5.41) is 6.01. The van der Waals surface area contributed by atoms with Crippen molar-refractivity contribution in [2.24, 2.45) is 0 Å². The van der Waals surface area contributed by atoms with Crippen LogP contribution in [-0.4, -0.2) is 20.3 Å². The van der Waals surface area contributed by atoms with Crippen molar-refractivity contribution in [1.82, 2.24) is 14.4 Å². The standard InChI is InChI=1S/C20H17ClN4OS/c1-2-13-3-5-14(6-4-13)17-12-27-20(23-17)24-19(26)9-16-11-25-10-15(21)7-8-18(25)22-16/h3-8,10-12H,2,9H2,1H3,(H,23,24,26). The van der Waals surface area contributed by atoms with E-state index < -0.39 is 0 Å². The number of thiazole rings is 1. The number of aromatic nitrogens is 3. The third kappa shape index (κ3) is 4.02. The molecule has 3 aromatic heterocycles. The number of aryl methyl sites for hydroxylation is 1. The lowest BCUT2D eigenvalue weighted by Crippen LogP contribution is -2.14. The Bertz CT molecular complexity index is 1100. The van der Waals surface area contributed by atoms with Crippen molar-refractivity contribution in [3.05, 3.63) is 70.5 Å². The van der Waals surface area contributed by atoms with Crippen LogP contribution >= 0.6 is 22.9 Å². The molecule has 4 rings (SSSR count). The maximum atomic E-state index is 12.3. The number of halogens is 1. The Labute approximate surface area is 165 Å². The molecule has 4 aromatic rings. The summed E-state index contributed by atoms with van der Waals surface area (Å²) in [6, 6.07) is 11.9. The molecule has 1 aromatic carbocycles. The molecule has 27 heavy (non-hydrogen) atoms. The smallest absolute Gasteiger partial charge is 0.232 e. The van der Waals surface area contributed by atoms with Crippen LogP contribution in [0.4, 0.5) is 5.13 Å². The van der Waals surface area contributed by atoms with Crippen LogP contribution < -0.4 is 5.32 Å². The lowest BCUT2D eigenvalue weighted by molar-refractivity contribution is -0.115. The van der Waals surface area contributed by atoms with Crippen LogP contribution in [0.2, 0.25) is 5.02 Å². The summed E-state index contributed by atoms with van der Waals surface area (Å²) < 4.78 is 1.81. The molecule has 1 amide bonds. The minimum absolute atomic E-state index is 0.147. The van der Waals surface area contributed by atoms with Crippen molar-refractivity contribution in [3.63, 3.8) is 0 Å². The van der Waals surface area contributed by atoms with Crippen LogP contribution in [0.1, 0.15) is 18.2 Å². The van der Waals surface area contributed by atoms with Gasteiger partial charge in [-0.05, 0) is 24.1 Å². The summed E-state index contributed by atoms with van der Waals surface area (Å²) in [6.45, 7) is 2.13. The van der Waals surface area contributed by atoms with Gasteiger partial charge in [0.15, 0.2) is 5.13 Å². The number of hydrogen-bond acceptors (Lipinski definition) is 4. The van der Waals surface area contributed by atoms with E-state index in [0.717, 1.165) is 23.3 Å². The van der Waals surface area contributed by atoms with Gasteiger partial charge < -0.3 is 9.72 Å². The molecular weight excluding hydrogens is 380 g/mol. The summed E-state index contributed by atoms with van der Waals surface area (Å²) >= 11 is 7.39. The van der Waals surface area contributed by atoms with Crippen molar-refractivity contribution in [2.45, 2.75) is 19.8 Å². The first kappa shape index (κ1) is 17.7. The number of carbonyl (C=O) groups excluding carboxylic acids is 1. The summed E-state index contributed by atoms with van der Waals surface area (Å²) in [5.74, 6) is -0.147. The molecule has 3 heterocycles. The Morgan fingerprint density at radius 1 is 1.15 bits per heavy atom. The quantitative estimate of drug-likeness (QED) is 0.524. The number of carbonyl (C=O) groups is 1. The second kappa shape index (κ2) is 7.50. The monoisotopic (exact) mass is 396 g/mol. The van der Waals surface area contributed by atoms with Crippen molar-refractivity contribution in [3.8, 4) is 11.3 Å². The molecule has 0 aliphatic rings. The molecule has 0 atom stereocenters. The number of hydrogen-bond donors (Lipinski definition) is 1. The number of pyridine rings is 1. The molecule has 0 fully saturated rings. The van der Waals surface area contributed by atoms with Gasteiger partial charge in [0.05, 0.1) is 22.8 Å². The first-order valence-electron chi connectivity index (χ1n) is 8.58. The summed E-state index contributed by atoms with van der Waals surface area (Å²) in [7, 11) is 0. The average molecular weight is 397 g/mol. The van der Waals surface area contributed by atoms with Gasteiger partial charge in [-0.15, -0.1) is 11.3 Å². The molecular formula is C20H17ClN4OS. The second-order valence-corrected chi connectivity index (χ2v) is 7.45. The third-order valence-corrected chi connectivity index (χ3v) is 5.20. The fourth-order valence-corrected chi connectivity index (χ4v) is 3.71. The van der Waals surface area contributed by atoms with Gasteiger partial charge in [0, 0.05) is 23.3 Å². The largest absolute Gasteiger partial charge is 0.305 e. The van der Waals surface area contributed by atoms with Crippen LogP contribution in [0.3, 0.4) is 0 Å². The van der Waals surface area contributed by atoms with Crippen LogP contribution in [0.15, 0.2) is 54.2 Å². The minimum Gasteiger partial charge on any atom is -0.305 e. The molecule has 0 saturated heterocycles. The van der Waals surface area contributed by atoms with Gasteiger partial charge in [0.25, 0.3) is 0 Å². The summed E-state index contributed by atoms with van der Waals surface area (Å²) in [5.41, 5.74) is 4.63. The normalized spacial score (nSPS) is 11.0. The fraction of sp³-hybridized carbons (Fsp3) is 0.150. The van der Waals surface area contributed by atoms with E-state index in [1.165, 1.54) is 16.9 Å². The maximum Gasteiger partial charge on any atom is 0.232 e. The molecule has 136 valence electrons. The Morgan fingerprint density at radius 3 is 2.74 bits per heavy atom. The zero-order chi connectivity index (χ0) is 18.8. The number of rotatable bonds is 5. The summed E-state index contributed by atoms with van der Waals surface area (Å²) in [6.07, 6.45) is 4.76. The third-order valence-electron chi connectivity index (χ3n) is 4.22. The van der Waals surface area contributed by atoms with E-state index in [9.17, 15) is 4.79 Å². The number of nitrogens with zero attached hydrogens (tertiary/aromatic N) is 3. The minimum atomic E-state index is -0.147. The van der Waals surface area contributed by atoms with Crippen molar-refractivity contribution >= 4 is 39.6 Å². The Morgan fingerprint density at radius 2 is 1.96 bits per heavy atom. The highest BCUT2D eigenvalue weighted by Gasteiger charge is 2.11. The van der Waals surface area contributed by atoms with Crippen molar-refractivity contribution in [2.75, 3.05) is 5.32 Å². The molecule has 0 aliphatic heterocycles. The molecule has 0 unspecified atom stereocenters. The van der Waals surface area contributed by atoms with Crippen LogP contribution in [0.25, 0.3) is 16.9 Å². The number of anilines is 1. The van der Waals surface area contributed by atoms with E-state index >= 15 is 0 Å². The SMILES string of the molecule is CCc1ccc(-c2csc(NC(=O)Cc3cn4cc(Cl)ccc4n3)n2)cc1. The van der Waals surface area contributed by atoms with Crippen LogP contribution in [0, 0.1) is 0 Å². The highest BCUT2D eigenvalue weighted by molar-refractivity contribution is 7.14. The van der Waals surface area contributed by atoms with E-state index in [1.807, 2.05) is 22.0 Å². The van der Waals surface area contributed by atoms with E-state index in [0.29, 0.717) is 15.8 Å². The zero-order valence-electron chi connectivity index (χ0n) is 14.6. The van der Waals surface area contributed by atoms with Crippen LogP contribution in [-0.2, 0) is 17.6 Å². The Balaban J connectivity index is 1.43. The molecule has 0 saturated carbocycles. The first-order chi connectivity index (χ1) is 13.1. The van der Waals surface area contributed by atoms with Crippen molar-refractivity contribution in [1.29, 1.82) is 0 Å². The second-order valence-electron chi connectivity index (χ2n) is 6.16. The van der Waals surface area contributed by atoms with E-state index in [4.69, 9.17) is 11.6 Å². The average Bonchev–Trinajstić information content (AvgIpc) is 3.27. The predicted octanol–water partition coefficient (Wildman–Crippen LogP) is 4.85. The van der Waals surface area contributed by atoms with E-state index in [2.05, 4.69) is 46.5 Å². The lowest BCUT2D eigenvalue weighted by Gasteiger charge is -2.00. The number of nitrogens with one attached hydrogen (secondary N) is 1. The van der Waals surface area contributed by atoms with Gasteiger partial charge in [0.2, 0.25) is 5.91 Å². The van der Waals surface area contributed by atoms with Gasteiger partial charge >= 0.3 is 0 Å². The van der Waals surface area contributed by atoms with E-state index in [-0.39, 0.29) is 12.3 Å². The van der Waals surface area contributed by atoms with Crippen LogP contribution in [0.5, 0.6) is 0 Å². The maximum absolute atomic E-state index is 12.3. The molecule has 0 bridgehead atoms. The van der Waals surface area contributed by atoms with Gasteiger partial charge in [-0.3, -0.25) is 4.79 Å². The summed E-state index contributed by atoms with van der Waals surface area (Å²) in [4.78, 5) is 21.3. The topological polar surface area (TPSA) is 59.3 Å². The van der Waals surface area contributed by atoms with Gasteiger partial charge in [-0.2, -0.15) is 0 Å². The number of amides is 1. The number of fused-ring (bicyclic) bond motifs is 1. The number of imidazole rings is 1. The fourth-order valence-electron chi connectivity index (χ4n) is 2.81. The lowest BCUT2D eigenvalue weighted by atomic mass is 10.1. The highest BCUT2D eigenvalue weighted by atomic mass is 35.5. The van der Waals surface area contributed by atoms with E-state index in [1.54, 1.807) is 12.3 Å².